The summed E-state index contributed by atoms with van der Waals surface area (Å²) in [6.07, 6.45) is 9.84. The lowest BCUT2D eigenvalue weighted by Crippen LogP contribution is -2.36. The summed E-state index contributed by atoms with van der Waals surface area (Å²) in [5, 5.41) is 15.2. The van der Waals surface area contributed by atoms with E-state index in [0.29, 0.717) is 22.4 Å². The van der Waals surface area contributed by atoms with Gasteiger partial charge in [-0.3, -0.25) is 9.59 Å². The molecule has 0 spiro atoms. The van der Waals surface area contributed by atoms with E-state index < -0.39 is 0 Å². The number of amides is 2. The van der Waals surface area contributed by atoms with Crippen LogP contribution >= 0.6 is 11.8 Å². The van der Waals surface area contributed by atoms with Crippen LogP contribution in [-0.2, 0) is 9.59 Å². The zero-order chi connectivity index (χ0) is 19.9. The van der Waals surface area contributed by atoms with Gasteiger partial charge in [0.2, 0.25) is 17.0 Å². The summed E-state index contributed by atoms with van der Waals surface area (Å²) >= 11 is 1.29. The Morgan fingerprint density at radius 3 is 2.93 bits per heavy atom. The molecule has 3 rings (SSSR count). The number of benzene rings is 1. The molecule has 28 heavy (non-hydrogen) atoms. The van der Waals surface area contributed by atoms with Gasteiger partial charge in [0.05, 0.1) is 18.3 Å². The van der Waals surface area contributed by atoms with Crippen LogP contribution in [0.5, 0.6) is 0 Å². The fourth-order valence-electron chi connectivity index (χ4n) is 3.09. The maximum atomic E-state index is 12.4. The monoisotopic (exact) mass is 398 g/mol. The molecule has 2 amide bonds. The second-order valence-corrected chi connectivity index (χ2v) is 7.60. The van der Waals surface area contributed by atoms with E-state index in [9.17, 15) is 9.59 Å². The van der Waals surface area contributed by atoms with Crippen LogP contribution in [0.15, 0.2) is 29.4 Å². The van der Waals surface area contributed by atoms with E-state index in [4.69, 9.17) is 6.42 Å². The van der Waals surface area contributed by atoms with E-state index in [1.807, 2.05) is 4.68 Å². The molecule has 8 nitrogen and oxygen atoms in total. The minimum atomic E-state index is -0.286. The minimum Gasteiger partial charge on any atom is -0.336 e. The third-order valence-electron chi connectivity index (χ3n) is 4.58. The normalized spacial score (nSPS) is 13.9. The number of nitrogens with zero attached hydrogens (tertiary/aromatic N) is 5. The summed E-state index contributed by atoms with van der Waals surface area (Å²) in [5.41, 5.74) is 1.28. The van der Waals surface area contributed by atoms with Gasteiger partial charge in [0.15, 0.2) is 0 Å². The number of anilines is 1. The fourth-order valence-corrected chi connectivity index (χ4v) is 3.97. The average molecular weight is 398 g/mol. The molecule has 146 valence electrons. The lowest BCUT2D eigenvalue weighted by Gasteiger charge is -2.17. The van der Waals surface area contributed by atoms with E-state index in [0.717, 1.165) is 12.8 Å². The summed E-state index contributed by atoms with van der Waals surface area (Å²) in [5.74, 6) is 2.23. The molecule has 0 unspecified atom stereocenters. The number of terminal acetylenes is 1. The van der Waals surface area contributed by atoms with Crippen molar-refractivity contribution in [2.45, 2.75) is 36.9 Å². The molecule has 1 aromatic heterocycles. The number of nitrogens with one attached hydrogen (secondary N) is 1. The van der Waals surface area contributed by atoms with Crippen molar-refractivity contribution < 1.29 is 9.59 Å². The molecule has 1 N–H and O–H groups in total. The largest absolute Gasteiger partial charge is 0.336 e. The third kappa shape index (κ3) is 5.10. The Morgan fingerprint density at radius 2 is 2.18 bits per heavy atom. The van der Waals surface area contributed by atoms with E-state index in [1.54, 1.807) is 31.3 Å². The molecule has 1 saturated carbocycles. The molecule has 1 aromatic carbocycles. The van der Waals surface area contributed by atoms with Crippen LogP contribution in [-0.4, -0.2) is 56.3 Å². The highest BCUT2D eigenvalue weighted by Gasteiger charge is 2.22. The van der Waals surface area contributed by atoms with Gasteiger partial charge < -0.3 is 10.2 Å². The SMILES string of the molecule is C#Cc1cccc(NC(=O)CN(C)C(=O)CSc2nnnn2C2CCCC2)c1. The van der Waals surface area contributed by atoms with Crippen molar-refractivity contribution in [1.29, 1.82) is 0 Å². The first-order chi connectivity index (χ1) is 13.6. The molecule has 0 saturated heterocycles. The summed E-state index contributed by atoms with van der Waals surface area (Å²) < 4.78 is 1.82. The third-order valence-corrected chi connectivity index (χ3v) is 5.50. The second-order valence-electron chi connectivity index (χ2n) is 6.66. The van der Waals surface area contributed by atoms with Crippen molar-refractivity contribution in [3.63, 3.8) is 0 Å². The van der Waals surface area contributed by atoms with Crippen LogP contribution < -0.4 is 5.32 Å². The van der Waals surface area contributed by atoms with Gasteiger partial charge in [-0.1, -0.05) is 36.6 Å². The standard InChI is InChI=1S/C19H22N6O2S/c1-3-14-7-6-8-15(11-14)20-17(26)12-24(2)18(27)13-28-19-21-22-23-25(19)16-9-4-5-10-16/h1,6-8,11,16H,4-5,9-10,12-13H2,2H3,(H,20,26). The highest BCUT2D eigenvalue weighted by molar-refractivity contribution is 7.99. The van der Waals surface area contributed by atoms with Gasteiger partial charge >= 0.3 is 0 Å². The predicted molar refractivity (Wildman–Crippen MR) is 107 cm³/mol. The number of carbonyl (C=O) groups is 2. The molecule has 9 heteroatoms. The molecule has 1 aliphatic rings. The van der Waals surface area contributed by atoms with Crippen LogP contribution in [0.3, 0.4) is 0 Å². The van der Waals surface area contributed by atoms with Gasteiger partial charge in [-0.2, -0.15) is 0 Å². The van der Waals surface area contributed by atoms with Gasteiger partial charge in [-0.05, 0) is 41.5 Å². The summed E-state index contributed by atoms with van der Waals surface area (Å²) in [6.45, 7) is -0.0484. The van der Waals surface area contributed by atoms with Crippen LogP contribution in [0.4, 0.5) is 5.69 Å². The molecular formula is C19H22N6O2S. The number of aromatic nitrogens is 4. The van der Waals surface area contributed by atoms with Crippen molar-refractivity contribution in [2.75, 3.05) is 24.7 Å². The van der Waals surface area contributed by atoms with Crippen molar-refractivity contribution in [3.8, 4) is 12.3 Å². The van der Waals surface area contributed by atoms with Gasteiger partial charge in [0.1, 0.15) is 0 Å². The maximum absolute atomic E-state index is 12.4. The van der Waals surface area contributed by atoms with Crippen molar-refractivity contribution >= 4 is 29.3 Å². The highest BCUT2D eigenvalue weighted by Crippen LogP contribution is 2.31. The predicted octanol–water partition coefficient (Wildman–Crippen LogP) is 1.96. The topological polar surface area (TPSA) is 93.0 Å². The first kappa shape index (κ1) is 19.9. The van der Waals surface area contributed by atoms with Crippen molar-refractivity contribution in [3.05, 3.63) is 29.8 Å². The zero-order valence-corrected chi connectivity index (χ0v) is 16.5. The molecule has 0 radical (unpaired) electrons. The molecular weight excluding hydrogens is 376 g/mol. The van der Waals surface area contributed by atoms with E-state index in [1.165, 1.54) is 29.5 Å². The van der Waals surface area contributed by atoms with Crippen molar-refractivity contribution in [1.82, 2.24) is 25.1 Å². The van der Waals surface area contributed by atoms with Gasteiger partial charge in [0, 0.05) is 18.3 Å². The molecule has 1 aliphatic carbocycles. The lowest BCUT2D eigenvalue weighted by molar-refractivity contribution is -0.131. The summed E-state index contributed by atoms with van der Waals surface area (Å²) in [6, 6.07) is 7.32. The van der Waals surface area contributed by atoms with E-state index in [2.05, 4.69) is 26.8 Å². The highest BCUT2D eigenvalue weighted by atomic mass is 32.2. The van der Waals surface area contributed by atoms with Crippen LogP contribution in [0.25, 0.3) is 0 Å². The number of carbonyl (C=O) groups excluding carboxylic acids is 2. The molecule has 1 heterocycles. The van der Waals surface area contributed by atoms with Crippen LogP contribution in [0.2, 0.25) is 0 Å². The number of rotatable bonds is 7. The Hall–Kier alpha value is -2.86. The summed E-state index contributed by atoms with van der Waals surface area (Å²) in [4.78, 5) is 26.0. The Labute approximate surface area is 168 Å². The van der Waals surface area contributed by atoms with Gasteiger partial charge in [-0.25, -0.2) is 4.68 Å². The van der Waals surface area contributed by atoms with Gasteiger partial charge in [0.25, 0.3) is 0 Å². The van der Waals surface area contributed by atoms with E-state index >= 15 is 0 Å². The smallest absolute Gasteiger partial charge is 0.243 e. The van der Waals surface area contributed by atoms with Crippen LogP contribution in [0.1, 0.15) is 37.3 Å². The molecule has 0 bridgehead atoms. The Morgan fingerprint density at radius 1 is 1.39 bits per heavy atom. The van der Waals surface area contributed by atoms with E-state index in [-0.39, 0.29) is 24.1 Å². The first-order valence-electron chi connectivity index (χ1n) is 9.08. The molecule has 1 fully saturated rings. The number of thioether (sulfide) groups is 1. The quantitative estimate of drug-likeness (QED) is 0.566. The number of hydrogen-bond acceptors (Lipinski definition) is 6. The zero-order valence-electron chi connectivity index (χ0n) is 15.7. The lowest BCUT2D eigenvalue weighted by atomic mass is 10.2. The Kier molecular flexibility index (Phi) is 6.66. The number of tetrazole rings is 1. The first-order valence-corrected chi connectivity index (χ1v) is 10.1. The molecule has 0 atom stereocenters. The van der Waals surface area contributed by atoms with Crippen LogP contribution in [0, 0.1) is 12.3 Å². The van der Waals surface area contributed by atoms with Gasteiger partial charge in [-0.15, -0.1) is 11.5 Å². The maximum Gasteiger partial charge on any atom is 0.243 e. The average Bonchev–Trinajstić information content (AvgIpc) is 3.37. The Bertz CT molecular complexity index is 885. The number of hydrogen-bond donors (Lipinski definition) is 1. The summed E-state index contributed by atoms with van der Waals surface area (Å²) in [7, 11) is 1.60. The minimum absolute atomic E-state index is 0.0484. The second kappa shape index (κ2) is 9.37. The number of likely N-dealkylation sites (N-methyl/N-ethyl adjacent to an activating group) is 1. The molecule has 0 aliphatic heterocycles. The Balaban J connectivity index is 1.49. The van der Waals surface area contributed by atoms with Crippen molar-refractivity contribution in [2.24, 2.45) is 0 Å². The molecule has 2 aromatic rings. The fraction of sp³-hybridized carbons (Fsp3) is 0.421.